The standard InChI is InChI=1S/C20H38O7S.2C5H5.Na.Zr.H/c1-5-9-11-16(7-3)14-26-19(21)13-18(28(23,24)25)20(22)27-15-17(8-4)12-10-6-2;2*1-2-4-5-3-1;;;/h16-18H,5-15H2,1-4H3,(H,23,24,25);2*1-3H,4H2;;;/q;2*-1;+1;+2;-1. The predicted octanol–water partition coefficient (Wildman–Crippen LogP) is 3.88. The number of carbonyl (C=O) groups excluding carboxylic acids is 2. The Hall–Kier alpha value is -0.307. The topological polar surface area (TPSA) is 107 Å². The van der Waals surface area contributed by atoms with Crippen molar-refractivity contribution in [2.24, 2.45) is 11.8 Å². The maximum absolute atomic E-state index is 12.2. The van der Waals surface area contributed by atoms with Gasteiger partial charge in [0.05, 0.1) is 19.6 Å². The average Bonchev–Trinajstić information content (AvgIpc) is 3.66. The van der Waals surface area contributed by atoms with Gasteiger partial charge < -0.3 is 10.9 Å². The molecule has 2 rings (SSSR count). The van der Waals surface area contributed by atoms with E-state index < -0.39 is 33.7 Å². The van der Waals surface area contributed by atoms with Crippen molar-refractivity contribution in [3.8, 4) is 0 Å². The largest absolute Gasteiger partial charge is 2.00 e. The van der Waals surface area contributed by atoms with Crippen LogP contribution in [0.15, 0.2) is 36.5 Å². The van der Waals surface area contributed by atoms with Crippen LogP contribution >= 0.6 is 0 Å². The van der Waals surface area contributed by atoms with Crippen molar-refractivity contribution in [1.82, 2.24) is 0 Å². The van der Waals surface area contributed by atoms with Gasteiger partial charge in [0.15, 0.2) is 5.25 Å². The maximum atomic E-state index is 12.2. The Morgan fingerprint density at radius 2 is 1.32 bits per heavy atom. The molecule has 1 N–H and O–H groups in total. The number of carbonyl (C=O) groups is 2. The Morgan fingerprint density at radius 1 is 0.875 bits per heavy atom. The number of esters is 2. The summed E-state index contributed by atoms with van der Waals surface area (Å²) in [7, 11) is -4.76. The number of allylic oxidation sites excluding steroid dienone is 8. The van der Waals surface area contributed by atoms with Gasteiger partial charge in [-0.05, 0) is 24.7 Å². The van der Waals surface area contributed by atoms with Crippen molar-refractivity contribution in [2.45, 2.75) is 104 Å². The summed E-state index contributed by atoms with van der Waals surface area (Å²) < 4.78 is 42.8. The number of unbranched alkanes of at least 4 members (excludes halogenated alkanes) is 2. The van der Waals surface area contributed by atoms with Gasteiger partial charge in [0, 0.05) is 0 Å². The first-order valence-corrected chi connectivity index (χ1v) is 15.4. The molecule has 2 aliphatic rings. The molecule has 222 valence electrons. The van der Waals surface area contributed by atoms with Gasteiger partial charge in [-0.3, -0.25) is 26.3 Å². The zero-order valence-electron chi connectivity index (χ0n) is 26.2. The fourth-order valence-electron chi connectivity index (χ4n) is 3.50. The molecule has 0 aromatic rings. The fraction of sp³-hybridized carbons (Fsp3) is 0.667. The van der Waals surface area contributed by atoms with Gasteiger partial charge in [0.25, 0.3) is 10.1 Å². The van der Waals surface area contributed by atoms with Crippen LogP contribution in [0.5, 0.6) is 0 Å². The van der Waals surface area contributed by atoms with Crippen LogP contribution in [0.3, 0.4) is 0 Å². The molecule has 10 heteroatoms. The summed E-state index contributed by atoms with van der Waals surface area (Å²) in [6.45, 7) is 8.35. The van der Waals surface area contributed by atoms with Crippen molar-refractivity contribution >= 4 is 22.1 Å². The molecular formula is C30H49NaO7SZr. The van der Waals surface area contributed by atoms with Crippen molar-refractivity contribution in [3.63, 3.8) is 0 Å². The van der Waals surface area contributed by atoms with E-state index in [1.54, 1.807) is 0 Å². The van der Waals surface area contributed by atoms with Crippen LogP contribution in [0.2, 0.25) is 0 Å². The first kappa shape index (κ1) is 44.1. The maximum Gasteiger partial charge on any atom is 2.00 e. The van der Waals surface area contributed by atoms with Gasteiger partial charge in [-0.15, -0.1) is 12.8 Å². The van der Waals surface area contributed by atoms with Crippen LogP contribution in [-0.2, 0) is 55.4 Å². The van der Waals surface area contributed by atoms with E-state index in [9.17, 15) is 22.6 Å². The van der Waals surface area contributed by atoms with Crippen LogP contribution in [0.1, 0.15) is 99.8 Å². The molecule has 3 unspecified atom stereocenters. The molecule has 0 bridgehead atoms. The zero-order chi connectivity index (χ0) is 28.7. The summed E-state index contributed by atoms with van der Waals surface area (Å²) in [5, 5.41) is -1.95. The molecule has 0 aromatic carbocycles. The molecule has 0 aliphatic heterocycles. The summed E-state index contributed by atoms with van der Waals surface area (Å²) in [5.41, 5.74) is 0. The quantitative estimate of drug-likeness (QED) is 0.115. The Morgan fingerprint density at radius 3 is 1.62 bits per heavy atom. The molecule has 3 atom stereocenters. The van der Waals surface area contributed by atoms with Gasteiger partial charge in [-0.1, -0.05) is 66.2 Å². The number of rotatable bonds is 16. The van der Waals surface area contributed by atoms with Crippen LogP contribution in [-0.4, -0.2) is 43.4 Å². The molecule has 0 saturated heterocycles. The second-order valence-electron chi connectivity index (χ2n) is 9.36. The second-order valence-corrected chi connectivity index (χ2v) is 11.0. The molecule has 0 spiro atoms. The van der Waals surface area contributed by atoms with Crippen LogP contribution in [0.4, 0.5) is 0 Å². The third kappa shape index (κ3) is 24.3. The molecule has 40 heavy (non-hydrogen) atoms. The molecule has 0 saturated carbocycles. The van der Waals surface area contributed by atoms with Crippen LogP contribution < -0.4 is 29.6 Å². The molecule has 0 fully saturated rings. The van der Waals surface area contributed by atoms with E-state index in [2.05, 4.69) is 38.2 Å². The van der Waals surface area contributed by atoms with E-state index in [0.29, 0.717) is 0 Å². The molecule has 0 amide bonds. The van der Waals surface area contributed by atoms with E-state index in [-0.39, 0.29) is 82.2 Å². The third-order valence-electron chi connectivity index (χ3n) is 6.17. The normalized spacial score (nSPS) is 14.8. The smallest absolute Gasteiger partial charge is 1.00 e. The average molecular weight is 668 g/mol. The van der Waals surface area contributed by atoms with E-state index in [1.165, 1.54) is 0 Å². The summed E-state index contributed by atoms with van der Waals surface area (Å²) in [4.78, 5) is 24.2. The first-order valence-electron chi connectivity index (χ1n) is 13.9. The molecular weight excluding hydrogens is 619 g/mol. The Bertz CT molecular complexity index is 834. The van der Waals surface area contributed by atoms with Gasteiger partial charge in [-0.2, -0.15) is 20.6 Å². The van der Waals surface area contributed by atoms with Gasteiger partial charge in [-0.25, -0.2) is 24.3 Å². The number of hydrogen-bond acceptors (Lipinski definition) is 6. The van der Waals surface area contributed by atoms with Gasteiger partial charge >= 0.3 is 67.7 Å². The Balaban J connectivity index is -0.000000436. The van der Waals surface area contributed by atoms with Gasteiger partial charge in [0.1, 0.15) is 0 Å². The zero-order valence-corrected chi connectivity index (χ0v) is 30.5. The van der Waals surface area contributed by atoms with Crippen molar-refractivity contribution in [2.75, 3.05) is 13.2 Å². The Labute approximate surface area is 286 Å². The summed E-state index contributed by atoms with van der Waals surface area (Å²) >= 11 is 0. The molecule has 0 radical (unpaired) electrons. The summed E-state index contributed by atoms with van der Waals surface area (Å²) in [5.74, 6) is -1.61. The number of ether oxygens (including phenoxy) is 2. The second kappa shape index (κ2) is 28.8. The van der Waals surface area contributed by atoms with E-state index >= 15 is 0 Å². The van der Waals surface area contributed by atoms with Crippen LogP contribution in [0.25, 0.3) is 0 Å². The first-order chi connectivity index (χ1) is 18.2. The van der Waals surface area contributed by atoms with Crippen molar-refractivity contribution in [1.29, 1.82) is 0 Å². The minimum atomic E-state index is -4.76. The minimum absolute atomic E-state index is 0. The predicted molar refractivity (Wildman–Crippen MR) is 153 cm³/mol. The molecule has 0 aromatic heterocycles. The van der Waals surface area contributed by atoms with Crippen molar-refractivity contribution < 1.29 is 89.2 Å². The monoisotopic (exact) mass is 666 g/mol. The molecule has 7 nitrogen and oxygen atoms in total. The minimum Gasteiger partial charge on any atom is -1.00 e. The molecule has 0 heterocycles. The van der Waals surface area contributed by atoms with Gasteiger partial charge in [0.2, 0.25) is 0 Å². The third-order valence-corrected chi connectivity index (χ3v) is 7.25. The van der Waals surface area contributed by atoms with Crippen molar-refractivity contribution in [3.05, 3.63) is 48.6 Å². The SMILES string of the molecule is CCCCC(CC)COC(=O)CC(C(=O)OCC(CC)CCCC)S(=O)(=O)O.[C-]1=CC=CC1.[C-]1=CC=CC1.[H-].[Na+].[Zr+2]. The van der Waals surface area contributed by atoms with E-state index in [1.807, 2.05) is 38.2 Å². The Kier molecular flexibility index (Phi) is 31.8. The van der Waals surface area contributed by atoms with E-state index in [0.717, 1.165) is 64.2 Å². The van der Waals surface area contributed by atoms with E-state index in [4.69, 9.17) is 9.47 Å². The fourth-order valence-corrected chi connectivity index (χ4v) is 4.16. The van der Waals surface area contributed by atoms with Crippen LogP contribution in [0, 0.1) is 24.0 Å². The summed E-state index contributed by atoms with van der Waals surface area (Å²) in [6, 6.07) is 0. The number of hydrogen-bond donors (Lipinski definition) is 1. The summed E-state index contributed by atoms with van der Waals surface area (Å²) in [6.07, 6.45) is 26.7. The molecule has 2 aliphatic carbocycles.